The number of ketones is 1. The van der Waals surface area contributed by atoms with E-state index in [-0.39, 0.29) is 16.2 Å². The summed E-state index contributed by atoms with van der Waals surface area (Å²) in [6, 6.07) is 10.9. The number of esters is 1. The fourth-order valence-electron chi connectivity index (χ4n) is 3.06. The van der Waals surface area contributed by atoms with Crippen molar-refractivity contribution in [3.63, 3.8) is 0 Å². The molecule has 0 bridgehead atoms. The third-order valence-corrected chi connectivity index (χ3v) is 6.97. The zero-order valence-corrected chi connectivity index (χ0v) is 19.5. The maximum Gasteiger partial charge on any atom is 0.325 e. The topological polar surface area (TPSA) is 110 Å². The van der Waals surface area contributed by atoms with Gasteiger partial charge in [0.05, 0.1) is 4.90 Å². The van der Waals surface area contributed by atoms with Crippen molar-refractivity contribution in [1.29, 1.82) is 0 Å². The molecule has 0 atom stereocenters. The van der Waals surface area contributed by atoms with Crippen LogP contribution >= 0.6 is 0 Å². The predicted molar refractivity (Wildman–Crippen MR) is 120 cm³/mol. The van der Waals surface area contributed by atoms with E-state index >= 15 is 0 Å². The van der Waals surface area contributed by atoms with Crippen LogP contribution in [0.5, 0.6) is 0 Å². The lowest BCUT2D eigenvalue weighted by Gasteiger charge is -2.18. The summed E-state index contributed by atoms with van der Waals surface area (Å²) in [6.07, 6.45) is 0. The van der Waals surface area contributed by atoms with E-state index in [0.29, 0.717) is 18.7 Å². The van der Waals surface area contributed by atoms with E-state index in [4.69, 9.17) is 4.74 Å². The van der Waals surface area contributed by atoms with Crippen molar-refractivity contribution in [2.75, 3.05) is 26.2 Å². The predicted octanol–water partition coefficient (Wildman–Crippen LogP) is 2.49. The molecule has 2 aromatic carbocycles. The lowest BCUT2D eigenvalue weighted by atomic mass is 10.0. The first-order chi connectivity index (χ1) is 15.1. The molecule has 0 unspecified atom stereocenters. The molecule has 0 fully saturated rings. The molecule has 0 aliphatic carbocycles. The van der Waals surface area contributed by atoms with Gasteiger partial charge < -0.3 is 10.1 Å². The number of nitrogens with one attached hydrogen (secondary N) is 1. The molecule has 2 aromatic rings. The minimum absolute atomic E-state index is 0.0853. The minimum Gasteiger partial charge on any atom is -0.456 e. The molecule has 0 radical (unpaired) electrons. The van der Waals surface area contributed by atoms with Crippen LogP contribution in [0, 0.1) is 13.8 Å². The standard InChI is InChI=1S/C23H28N2O6S/c1-5-25(6-2)32(29,30)19-11-9-18(10-12-19)23(28)24-14-22(27)31-15-21(26)20-13-16(3)7-8-17(20)4/h7-13H,5-6,14-15H2,1-4H3,(H,24,28). The second-order valence-corrected chi connectivity index (χ2v) is 9.14. The summed E-state index contributed by atoms with van der Waals surface area (Å²) in [5, 5.41) is 2.40. The third-order valence-electron chi connectivity index (χ3n) is 4.91. The highest BCUT2D eigenvalue weighted by Crippen LogP contribution is 2.16. The van der Waals surface area contributed by atoms with Gasteiger partial charge in [-0.1, -0.05) is 31.5 Å². The molecule has 1 N–H and O–H groups in total. The van der Waals surface area contributed by atoms with E-state index in [1.54, 1.807) is 26.8 Å². The summed E-state index contributed by atoms with van der Waals surface area (Å²) in [5.41, 5.74) is 2.40. The minimum atomic E-state index is -3.62. The van der Waals surface area contributed by atoms with E-state index in [9.17, 15) is 22.8 Å². The Morgan fingerprint density at radius 3 is 2.19 bits per heavy atom. The molecule has 0 aliphatic heterocycles. The molecule has 8 nitrogen and oxygen atoms in total. The van der Waals surface area contributed by atoms with Gasteiger partial charge in [0.15, 0.2) is 6.61 Å². The highest BCUT2D eigenvalue weighted by atomic mass is 32.2. The summed E-state index contributed by atoms with van der Waals surface area (Å²) in [4.78, 5) is 36.5. The van der Waals surface area contributed by atoms with Gasteiger partial charge in [-0.05, 0) is 49.7 Å². The first kappa shape index (κ1) is 25.2. The zero-order valence-electron chi connectivity index (χ0n) is 18.7. The molecule has 172 valence electrons. The van der Waals surface area contributed by atoms with Crippen molar-refractivity contribution >= 4 is 27.7 Å². The number of rotatable bonds is 10. The SMILES string of the molecule is CCN(CC)S(=O)(=O)c1ccc(C(=O)NCC(=O)OCC(=O)c2cc(C)ccc2C)cc1. The summed E-state index contributed by atoms with van der Waals surface area (Å²) in [7, 11) is -3.62. The first-order valence-corrected chi connectivity index (χ1v) is 11.7. The average molecular weight is 461 g/mol. The number of amides is 1. The van der Waals surface area contributed by atoms with Crippen LogP contribution in [0.15, 0.2) is 47.4 Å². The van der Waals surface area contributed by atoms with Crippen LogP contribution in [-0.2, 0) is 19.6 Å². The quantitative estimate of drug-likeness (QED) is 0.431. The molecule has 2 rings (SSSR count). The molecular weight excluding hydrogens is 432 g/mol. The Labute approximate surface area is 188 Å². The largest absolute Gasteiger partial charge is 0.456 e. The number of hydrogen-bond acceptors (Lipinski definition) is 6. The van der Waals surface area contributed by atoms with Gasteiger partial charge in [-0.15, -0.1) is 0 Å². The van der Waals surface area contributed by atoms with Crippen LogP contribution in [0.2, 0.25) is 0 Å². The number of benzene rings is 2. The Hall–Kier alpha value is -3.04. The Morgan fingerprint density at radius 1 is 0.969 bits per heavy atom. The van der Waals surface area contributed by atoms with Crippen LogP contribution in [-0.4, -0.2) is 56.6 Å². The maximum atomic E-state index is 12.5. The van der Waals surface area contributed by atoms with Gasteiger partial charge in [0.2, 0.25) is 15.8 Å². The Kier molecular flexibility index (Phi) is 8.68. The molecule has 0 saturated heterocycles. The van der Waals surface area contributed by atoms with Gasteiger partial charge in [0, 0.05) is 24.2 Å². The number of sulfonamides is 1. The zero-order chi connectivity index (χ0) is 23.9. The highest BCUT2D eigenvalue weighted by molar-refractivity contribution is 7.89. The number of carbonyl (C=O) groups excluding carboxylic acids is 3. The van der Waals surface area contributed by atoms with E-state index in [1.807, 2.05) is 19.1 Å². The molecule has 9 heteroatoms. The van der Waals surface area contributed by atoms with Crippen LogP contribution in [0.25, 0.3) is 0 Å². The number of aryl methyl sites for hydroxylation is 2. The van der Waals surface area contributed by atoms with Crippen molar-refractivity contribution in [3.05, 3.63) is 64.7 Å². The summed E-state index contributed by atoms with van der Waals surface area (Å²) in [6.45, 7) is 7.01. The van der Waals surface area contributed by atoms with Crippen molar-refractivity contribution in [2.24, 2.45) is 0 Å². The fraction of sp³-hybridized carbons (Fsp3) is 0.348. The lowest BCUT2D eigenvalue weighted by Crippen LogP contribution is -2.32. The molecule has 0 aliphatic rings. The Bertz CT molecular complexity index is 1090. The molecular formula is C23H28N2O6S. The second kappa shape index (κ2) is 11.0. The number of hydrogen-bond donors (Lipinski definition) is 1. The highest BCUT2D eigenvalue weighted by Gasteiger charge is 2.22. The van der Waals surface area contributed by atoms with E-state index in [0.717, 1.165) is 11.1 Å². The van der Waals surface area contributed by atoms with Crippen LogP contribution in [0.1, 0.15) is 45.7 Å². The molecule has 0 heterocycles. The smallest absolute Gasteiger partial charge is 0.325 e. The number of Topliss-reactive ketones (excluding diaryl/α,β-unsaturated/α-hetero) is 1. The summed E-state index contributed by atoms with van der Waals surface area (Å²) < 4.78 is 31.3. The van der Waals surface area contributed by atoms with Crippen molar-refractivity contribution in [2.45, 2.75) is 32.6 Å². The van der Waals surface area contributed by atoms with E-state index < -0.39 is 35.1 Å². The third kappa shape index (κ3) is 6.24. The average Bonchev–Trinajstić information content (AvgIpc) is 2.78. The normalized spacial score (nSPS) is 11.3. The van der Waals surface area contributed by atoms with Crippen LogP contribution in [0.3, 0.4) is 0 Å². The van der Waals surface area contributed by atoms with Crippen LogP contribution < -0.4 is 5.32 Å². The fourth-order valence-corrected chi connectivity index (χ4v) is 4.51. The van der Waals surface area contributed by atoms with Crippen LogP contribution in [0.4, 0.5) is 0 Å². The number of carbonyl (C=O) groups is 3. The lowest BCUT2D eigenvalue weighted by molar-refractivity contribution is -0.141. The summed E-state index contributed by atoms with van der Waals surface area (Å²) in [5.74, 6) is -1.64. The van der Waals surface area contributed by atoms with Gasteiger partial charge >= 0.3 is 5.97 Å². The molecule has 0 spiro atoms. The monoisotopic (exact) mass is 460 g/mol. The second-order valence-electron chi connectivity index (χ2n) is 7.20. The molecule has 32 heavy (non-hydrogen) atoms. The molecule has 0 saturated carbocycles. The Morgan fingerprint density at radius 2 is 1.59 bits per heavy atom. The number of nitrogens with zero attached hydrogens (tertiary/aromatic N) is 1. The summed E-state index contributed by atoms with van der Waals surface area (Å²) >= 11 is 0. The van der Waals surface area contributed by atoms with Gasteiger partial charge in [-0.25, -0.2) is 8.42 Å². The molecule has 1 amide bonds. The molecule has 0 aromatic heterocycles. The van der Waals surface area contributed by atoms with Crippen molar-refractivity contribution < 1.29 is 27.5 Å². The van der Waals surface area contributed by atoms with Gasteiger partial charge in [-0.3, -0.25) is 14.4 Å². The number of ether oxygens (including phenoxy) is 1. The van der Waals surface area contributed by atoms with Crippen molar-refractivity contribution in [1.82, 2.24) is 9.62 Å². The van der Waals surface area contributed by atoms with E-state index in [1.165, 1.54) is 28.6 Å². The van der Waals surface area contributed by atoms with Gasteiger partial charge in [-0.2, -0.15) is 4.31 Å². The van der Waals surface area contributed by atoms with Gasteiger partial charge in [0.1, 0.15) is 6.54 Å². The van der Waals surface area contributed by atoms with E-state index in [2.05, 4.69) is 5.32 Å². The van der Waals surface area contributed by atoms with Crippen molar-refractivity contribution in [3.8, 4) is 0 Å². The maximum absolute atomic E-state index is 12.5. The Balaban J connectivity index is 1.90. The first-order valence-electron chi connectivity index (χ1n) is 10.2. The van der Waals surface area contributed by atoms with Gasteiger partial charge in [0.25, 0.3) is 5.91 Å².